The predicted octanol–water partition coefficient (Wildman–Crippen LogP) is 5.49. The molecule has 1 amide bonds. The van der Waals surface area contributed by atoms with Crippen LogP contribution in [-0.2, 0) is 4.79 Å². The van der Waals surface area contributed by atoms with Gasteiger partial charge in [-0.25, -0.2) is 0 Å². The van der Waals surface area contributed by atoms with E-state index in [-0.39, 0.29) is 32.8 Å². The highest BCUT2D eigenvalue weighted by Gasteiger charge is 2.39. The summed E-state index contributed by atoms with van der Waals surface area (Å²) in [5.41, 5.74) is 0.977. The highest BCUT2D eigenvalue weighted by atomic mass is 35.5. The Hall–Kier alpha value is -3.95. The molecule has 1 N–H and O–H groups in total. The van der Waals surface area contributed by atoms with Crippen LogP contribution in [0.4, 0.5) is 17.1 Å². The molecule has 0 saturated carbocycles. The van der Waals surface area contributed by atoms with Crippen molar-refractivity contribution in [3.8, 4) is 0 Å². The summed E-state index contributed by atoms with van der Waals surface area (Å²) in [7, 11) is 0. The maximum absolute atomic E-state index is 13.4. The number of hydrogen-bond donors (Lipinski definition) is 1. The number of carbonyl (C=O) groups excluding carboxylic acids is 1. The number of benzene rings is 3. The van der Waals surface area contributed by atoms with Gasteiger partial charge in [0.1, 0.15) is 11.9 Å². The summed E-state index contributed by atoms with van der Waals surface area (Å²) in [6, 6.07) is 17.1. The number of nitro groups is 2. The van der Waals surface area contributed by atoms with Crippen molar-refractivity contribution >= 4 is 52.2 Å². The predicted molar refractivity (Wildman–Crippen MR) is 124 cm³/mol. The SMILES string of the molecule is O=C1/C(=C/c2cccc([N+](=O)[O-])c2)NC(c2ccccc2)N1c1c(Cl)cc([N+](=O)[O-])cc1Cl. The second kappa shape index (κ2) is 8.89. The summed E-state index contributed by atoms with van der Waals surface area (Å²) in [6.07, 6.45) is 0.762. The van der Waals surface area contributed by atoms with Crippen LogP contribution in [0.15, 0.2) is 72.4 Å². The first-order valence-electron chi connectivity index (χ1n) is 9.51. The quantitative estimate of drug-likeness (QED) is 0.290. The van der Waals surface area contributed by atoms with Gasteiger partial charge in [-0.1, -0.05) is 65.7 Å². The number of hydrogen-bond acceptors (Lipinski definition) is 6. The minimum Gasteiger partial charge on any atom is -0.357 e. The molecule has 0 radical (unpaired) electrons. The molecular weight excluding hydrogens is 471 g/mol. The number of amides is 1. The van der Waals surface area contributed by atoms with E-state index in [2.05, 4.69) is 5.32 Å². The summed E-state index contributed by atoms with van der Waals surface area (Å²) in [5, 5.41) is 25.2. The van der Waals surface area contributed by atoms with Crippen molar-refractivity contribution in [2.75, 3.05) is 4.90 Å². The maximum atomic E-state index is 13.4. The van der Waals surface area contributed by atoms with Crippen LogP contribution in [0.2, 0.25) is 10.0 Å². The van der Waals surface area contributed by atoms with E-state index in [0.29, 0.717) is 11.1 Å². The zero-order chi connectivity index (χ0) is 23.7. The molecule has 1 unspecified atom stereocenters. The number of halogens is 2. The number of nitro benzene ring substituents is 2. The van der Waals surface area contributed by atoms with Crippen LogP contribution in [-0.4, -0.2) is 15.8 Å². The van der Waals surface area contributed by atoms with Gasteiger partial charge in [0.15, 0.2) is 0 Å². The van der Waals surface area contributed by atoms with Crippen molar-refractivity contribution in [3.63, 3.8) is 0 Å². The lowest BCUT2D eigenvalue weighted by Crippen LogP contribution is -2.30. The minimum atomic E-state index is -0.722. The van der Waals surface area contributed by atoms with Crippen molar-refractivity contribution < 1.29 is 14.6 Å². The van der Waals surface area contributed by atoms with Crippen molar-refractivity contribution in [2.24, 2.45) is 0 Å². The van der Waals surface area contributed by atoms with E-state index < -0.39 is 21.9 Å². The smallest absolute Gasteiger partial charge is 0.276 e. The third kappa shape index (κ3) is 4.36. The van der Waals surface area contributed by atoms with E-state index in [1.54, 1.807) is 30.3 Å². The Morgan fingerprint density at radius 3 is 2.12 bits per heavy atom. The van der Waals surface area contributed by atoms with Gasteiger partial charge in [-0.3, -0.25) is 29.9 Å². The van der Waals surface area contributed by atoms with Crippen LogP contribution in [0, 0.1) is 20.2 Å². The first-order chi connectivity index (χ1) is 15.8. The molecule has 33 heavy (non-hydrogen) atoms. The fourth-order valence-corrected chi connectivity index (χ4v) is 4.16. The van der Waals surface area contributed by atoms with Gasteiger partial charge in [-0.2, -0.15) is 0 Å². The van der Waals surface area contributed by atoms with Crippen LogP contribution in [0.5, 0.6) is 0 Å². The number of rotatable bonds is 5. The molecule has 3 aromatic carbocycles. The van der Waals surface area contributed by atoms with Gasteiger partial charge in [-0.05, 0) is 17.2 Å². The molecule has 1 aliphatic rings. The summed E-state index contributed by atoms with van der Waals surface area (Å²) in [6.45, 7) is 0. The first-order valence-corrected chi connectivity index (χ1v) is 10.3. The van der Waals surface area contributed by atoms with Crippen LogP contribution in [0.3, 0.4) is 0 Å². The lowest BCUT2D eigenvalue weighted by molar-refractivity contribution is -0.385. The van der Waals surface area contributed by atoms with Gasteiger partial charge in [0, 0.05) is 24.3 Å². The van der Waals surface area contributed by atoms with Gasteiger partial charge in [-0.15, -0.1) is 0 Å². The van der Waals surface area contributed by atoms with Gasteiger partial charge < -0.3 is 5.32 Å². The zero-order valence-corrected chi connectivity index (χ0v) is 18.2. The van der Waals surface area contributed by atoms with Crippen LogP contribution in [0.25, 0.3) is 6.08 Å². The number of carbonyl (C=O) groups is 1. The first kappa shape index (κ1) is 22.3. The molecule has 1 aliphatic heterocycles. The Labute approximate surface area is 197 Å². The average Bonchev–Trinajstić information content (AvgIpc) is 3.10. The monoisotopic (exact) mass is 484 g/mol. The van der Waals surface area contributed by atoms with E-state index >= 15 is 0 Å². The maximum Gasteiger partial charge on any atom is 0.276 e. The molecular formula is C22H14Cl2N4O5. The molecule has 1 heterocycles. The van der Waals surface area contributed by atoms with Crippen LogP contribution >= 0.6 is 23.2 Å². The van der Waals surface area contributed by atoms with Crippen molar-refractivity contribution in [2.45, 2.75) is 6.17 Å². The molecule has 1 saturated heterocycles. The molecule has 166 valence electrons. The summed E-state index contributed by atoms with van der Waals surface area (Å²) in [4.78, 5) is 35.9. The Bertz CT molecular complexity index is 1290. The highest BCUT2D eigenvalue weighted by molar-refractivity contribution is 6.40. The van der Waals surface area contributed by atoms with Gasteiger partial charge in [0.05, 0.1) is 25.6 Å². The number of non-ortho nitro benzene ring substituents is 2. The standard InChI is InChI=1S/C22H14Cl2N4O5/c23-17-11-16(28(32)33)12-18(24)20(17)26-21(14-6-2-1-3-7-14)25-19(22(26)29)10-13-5-4-8-15(9-13)27(30)31/h1-12,21,25H/b19-10-. The molecule has 0 bridgehead atoms. The van der Waals surface area contributed by atoms with Gasteiger partial charge in [0.2, 0.25) is 0 Å². The van der Waals surface area contributed by atoms with E-state index in [4.69, 9.17) is 23.2 Å². The Balaban J connectivity index is 1.83. The molecule has 9 nitrogen and oxygen atoms in total. The molecule has 1 atom stereocenters. The fraction of sp³-hybridized carbons (Fsp3) is 0.0455. The van der Waals surface area contributed by atoms with Gasteiger partial charge in [0.25, 0.3) is 17.3 Å². The average molecular weight is 485 g/mol. The van der Waals surface area contributed by atoms with Crippen molar-refractivity contribution in [1.29, 1.82) is 0 Å². The Kier molecular flexibility index (Phi) is 5.99. The number of nitrogens with zero attached hydrogens (tertiary/aromatic N) is 3. The second-order valence-electron chi connectivity index (χ2n) is 7.06. The Morgan fingerprint density at radius 2 is 1.52 bits per heavy atom. The van der Waals surface area contributed by atoms with E-state index in [1.165, 1.54) is 29.2 Å². The summed E-state index contributed by atoms with van der Waals surface area (Å²) in [5.74, 6) is -0.506. The van der Waals surface area contributed by atoms with Gasteiger partial charge >= 0.3 is 0 Å². The molecule has 11 heteroatoms. The number of anilines is 1. The van der Waals surface area contributed by atoms with Crippen LogP contribution < -0.4 is 10.2 Å². The van der Waals surface area contributed by atoms with E-state index in [9.17, 15) is 25.0 Å². The van der Waals surface area contributed by atoms with Crippen molar-refractivity contribution in [3.05, 3.63) is 114 Å². The third-order valence-electron chi connectivity index (χ3n) is 4.96. The lowest BCUT2D eigenvalue weighted by atomic mass is 10.1. The molecule has 0 spiro atoms. The van der Waals surface area contributed by atoms with Crippen molar-refractivity contribution in [1.82, 2.24) is 5.32 Å². The molecule has 0 aromatic heterocycles. The molecule has 3 aromatic rings. The Morgan fingerprint density at radius 1 is 0.879 bits per heavy atom. The topological polar surface area (TPSA) is 119 Å². The molecule has 4 rings (SSSR count). The zero-order valence-electron chi connectivity index (χ0n) is 16.6. The largest absolute Gasteiger partial charge is 0.357 e. The summed E-state index contributed by atoms with van der Waals surface area (Å²) < 4.78 is 0. The van der Waals surface area contributed by atoms with E-state index in [1.807, 2.05) is 6.07 Å². The molecule has 1 fully saturated rings. The number of nitrogens with one attached hydrogen (secondary N) is 1. The highest BCUT2D eigenvalue weighted by Crippen LogP contribution is 2.43. The third-order valence-corrected chi connectivity index (χ3v) is 5.54. The summed E-state index contributed by atoms with van der Waals surface area (Å²) >= 11 is 12.7. The molecule has 0 aliphatic carbocycles. The normalized spacial score (nSPS) is 16.7. The van der Waals surface area contributed by atoms with E-state index in [0.717, 1.165) is 12.1 Å². The second-order valence-corrected chi connectivity index (χ2v) is 7.87. The van der Waals surface area contributed by atoms with Crippen LogP contribution in [0.1, 0.15) is 17.3 Å². The minimum absolute atomic E-state index is 0.0677. The fourth-order valence-electron chi connectivity index (χ4n) is 3.50. The lowest BCUT2D eigenvalue weighted by Gasteiger charge is -2.25.